The van der Waals surface area contributed by atoms with Crippen molar-refractivity contribution in [3.8, 4) is 5.75 Å². The average Bonchev–Trinajstić information content (AvgIpc) is 2.89. The molecule has 0 aliphatic rings. The van der Waals surface area contributed by atoms with E-state index in [1.165, 1.54) is 11.3 Å². The number of carbonyl (C=O) groups is 1. The van der Waals surface area contributed by atoms with Gasteiger partial charge in [0.15, 0.2) is 5.13 Å². The standard InChI is InChI=1S/C12H13N3O2S/c16-11(15-12-14-7-9-18-12)13-6-8-17-10-4-2-1-3-5-10/h1-5,7,9H,6,8H2,(H2,13,14,15,16). The van der Waals surface area contributed by atoms with Crippen LogP contribution in [0.15, 0.2) is 41.9 Å². The van der Waals surface area contributed by atoms with Gasteiger partial charge >= 0.3 is 6.03 Å². The number of urea groups is 1. The molecule has 0 unspecified atom stereocenters. The van der Waals surface area contributed by atoms with Gasteiger partial charge in [-0.1, -0.05) is 18.2 Å². The summed E-state index contributed by atoms with van der Waals surface area (Å²) in [4.78, 5) is 15.4. The zero-order chi connectivity index (χ0) is 12.6. The number of rotatable bonds is 5. The van der Waals surface area contributed by atoms with Crippen LogP contribution in [0.2, 0.25) is 0 Å². The Kier molecular flexibility index (Phi) is 4.54. The summed E-state index contributed by atoms with van der Waals surface area (Å²) in [5, 5.41) is 7.68. The summed E-state index contributed by atoms with van der Waals surface area (Å²) in [7, 11) is 0. The highest BCUT2D eigenvalue weighted by atomic mass is 32.1. The minimum atomic E-state index is -0.276. The lowest BCUT2D eigenvalue weighted by molar-refractivity contribution is 0.247. The van der Waals surface area contributed by atoms with Crippen molar-refractivity contribution in [3.63, 3.8) is 0 Å². The van der Waals surface area contributed by atoms with Crippen molar-refractivity contribution in [3.05, 3.63) is 41.9 Å². The highest BCUT2D eigenvalue weighted by Crippen LogP contribution is 2.09. The summed E-state index contributed by atoms with van der Waals surface area (Å²) in [5.74, 6) is 0.791. The first-order valence-corrected chi connectivity index (χ1v) is 6.35. The number of hydrogen-bond donors (Lipinski definition) is 2. The number of nitrogens with zero attached hydrogens (tertiary/aromatic N) is 1. The summed E-state index contributed by atoms with van der Waals surface area (Å²) < 4.78 is 5.44. The fourth-order valence-electron chi connectivity index (χ4n) is 1.28. The van der Waals surface area contributed by atoms with Crippen LogP contribution in [0.1, 0.15) is 0 Å². The molecule has 0 saturated carbocycles. The van der Waals surface area contributed by atoms with Gasteiger partial charge in [-0.2, -0.15) is 0 Å². The van der Waals surface area contributed by atoms with Crippen LogP contribution in [-0.4, -0.2) is 24.2 Å². The highest BCUT2D eigenvalue weighted by Gasteiger charge is 2.02. The van der Waals surface area contributed by atoms with E-state index in [9.17, 15) is 4.79 Å². The Morgan fingerprint density at radius 3 is 2.89 bits per heavy atom. The fourth-order valence-corrected chi connectivity index (χ4v) is 1.80. The second-order valence-corrected chi connectivity index (χ2v) is 4.27. The van der Waals surface area contributed by atoms with Gasteiger partial charge < -0.3 is 10.1 Å². The number of ether oxygens (including phenoxy) is 1. The molecular weight excluding hydrogens is 250 g/mol. The van der Waals surface area contributed by atoms with Crippen LogP contribution >= 0.6 is 11.3 Å². The van der Waals surface area contributed by atoms with Gasteiger partial charge in [-0.15, -0.1) is 11.3 Å². The number of hydrogen-bond acceptors (Lipinski definition) is 4. The number of anilines is 1. The molecule has 2 amide bonds. The Bertz CT molecular complexity index is 473. The Morgan fingerprint density at radius 2 is 2.17 bits per heavy atom. The van der Waals surface area contributed by atoms with Crippen LogP contribution in [-0.2, 0) is 0 Å². The van der Waals surface area contributed by atoms with E-state index in [2.05, 4.69) is 15.6 Å². The molecule has 0 spiro atoms. The number of thiazole rings is 1. The minimum Gasteiger partial charge on any atom is -0.492 e. The lowest BCUT2D eigenvalue weighted by Gasteiger charge is -2.07. The van der Waals surface area contributed by atoms with Gasteiger partial charge in [0.1, 0.15) is 12.4 Å². The van der Waals surface area contributed by atoms with E-state index < -0.39 is 0 Å². The molecular formula is C12H13N3O2S. The summed E-state index contributed by atoms with van der Waals surface area (Å²) in [6.07, 6.45) is 1.64. The van der Waals surface area contributed by atoms with E-state index in [1.54, 1.807) is 11.6 Å². The first-order valence-electron chi connectivity index (χ1n) is 5.47. The molecule has 94 valence electrons. The van der Waals surface area contributed by atoms with Crippen molar-refractivity contribution in [2.75, 3.05) is 18.5 Å². The van der Waals surface area contributed by atoms with Crippen molar-refractivity contribution >= 4 is 22.5 Å². The number of para-hydroxylation sites is 1. The molecule has 2 N–H and O–H groups in total. The van der Waals surface area contributed by atoms with E-state index in [-0.39, 0.29) is 6.03 Å². The van der Waals surface area contributed by atoms with Crippen molar-refractivity contribution in [2.45, 2.75) is 0 Å². The summed E-state index contributed by atoms with van der Waals surface area (Å²) in [6, 6.07) is 9.19. The second kappa shape index (κ2) is 6.61. The summed E-state index contributed by atoms with van der Waals surface area (Å²) in [5.41, 5.74) is 0. The SMILES string of the molecule is O=C(NCCOc1ccccc1)Nc1nccs1. The number of benzene rings is 1. The molecule has 0 fully saturated rings. The molecule has 1 heterocycles. The Morgan fingerprint density at radius 1 is 1.33 bits per heavy atom. The van der Waals surface area contributed by atoms with Gasteiger partial charge in [-0.05, 0) is 12.1 Å². The van der Waals surface area contributed by atoms with Crippen molar-refractivity contribution in [1.82, 2.24) is 10.3 Å². The predicted molar refractivity (Wildman–Crippen MR) is 71.1 cm³/mol. The topological polar surface area (TPSA) is 63.2 Å². The van der Waals surface area contributed by atoms with Crippen LogP contribution < -0.4 is 15.4 Å². The van der Waals surface area contributed by atoms with Crippen LogP contribution in [0.25, 0.3) is 0 Å². The van der Waals surface area contributed by atoms with Gasteiger partial charge in [-0.3, -0.25) is 5.32 Å². The van der Waals surface area contributed by atoms with E-state index in [1.807, 2.05) is 30.3 Å². The number of nitrogens with one attached hydrogen (secondary N) is 2. The monoisotopic (exact) mass is 263 g/mol. The lowest BCUT2D eigenvalue weighted by atomic mass is 10.3. The van der Waals surface area contributed by atoms with Crippen molar-refractivity contribution in [2.24, 2.45) is 0 Å². The normalized spacial score (nSPS) is 9.78. The van der Waals surface area contributed by atoms with Crippen LogP contribution in [0.4, 0.5) is 9.93 Å². The summed E-state index contributed by atoms with van der Waals surface area (Å²) >= 11 is 1.37. The molecule has 0 aliphatic carbocycles. The molecule has 1 aromatic carbocycles. The fraction of sp³-hybridized carbons (Fsp3) is 0.167. The number of aromatic nitrogens is 1. The molecule has 5 nitrogen and oxygen atoms in total. The zero-order valence-corrected chi connectivity index (χ0v) is 10.4. The van der Waals surface area contributed by atoms with Crippen LogP contribution in [0.5, 0.6) is 5.75 Å². The quantitative estimate of drug-likeness (QED) is 0.814. The largest absolute Gasteiger partial charge is 0.492 e. The molecule has 0 radical (unpaired) electrons. The van der Waals surface area contributed by atoms with E-state index >= 15 is 0 Å². The highest BCUT2D eigenvalue weighted by molar-refractivity contribution is 7.13. The van der Waals surface area contributed by atoms with Gasteiger partial charge in [0.05, 0.1) is 6.54 Å². The van der Waals surface area contributed by atoms with Crippen LogP contribution in [0.3, 0.4) is 0 Å². The maximum Gasteiger partial charge on any atom is 0.321 e. The number of carbonyl (C=O) groups excluding carboxylic acids is 1. The van der Waals surface area contributed by atoms with Gasteiger partial charge in [-0.25, -0.2) is 9.78 Å². The summed E-state index contributed by atoms with van der Waals surface area (Å²) in [6.45, 7) is 0.863. The van der Waals surface area contributed by atoms with Crippen molar-refractivity contribution < 1.29 is 9.53 Å². The van der Waals surface area contributed by atoms with E-state index in [4.69, 9.17) is 4.74 Å². The molecule has 1 aromatic heterocycles. The van der Waals surface area contributed by atoms with Crippen molar-refractivity contribution in [1.29, 1.82) is 0 Å². The third-order valence-corrected chi connectivity index (χ3v) is 2.74. The third kappa shape index (κ3) is 4.06. The maximum absolute atomic E-state index is 11.4. The molecule has 18 heavy (non-hydrogen) atoms. The smallest absolute Gasteiger partial charge is 0.321 e. The predicted octanol–water partition coefficient (Wildman–Crippen LogP) is 2.34. The first-order chi connectivity index (χ1) is 8.84. The van der Waals surface area contributed by atoms with Gasteiger partial charge in [0.25, 0.3) is 0 Å². The second-order valence-electron chi connectivity index (χ2n) is 3.38. The third-order valence-electron chi connectivity index (χ3n) is 2.05. The Balaban J connectivity index is 1.62. The minimum absolute atomic E-state index is 0.276. The molecule has 0 saturated heterocycles. The first kappa shape index (κ1) is 12.4. The van der Waals surface area contributed by atoms with Gasteiger partial charge in [0, 0.05) is 11.6 Å². The van der Waals surface area contributed by atoms with E-state index in [0.717, 1.165) is 5.75 Å². The zero-order valence-electron chi connectivity index (χ0n) is 9.63. The van der Waals surface area contributed by atoms with E-state index in [0.29, 0.717) is 18.3 Å². The number of amides is 2. The molecule has 0 aliphatic heterocycles. The molecule has 6 heteroatoms. The lowest BCUT2D eigenvalue weighted by Crippen LogP contribution is -2.32. The molecule has 0 bridgehead atoms. The molecule has 0 atom stereocenters. The Hall–Kier alpha value is -2.08. The average molecular weight is 263 g/mol. The molecule has 2 rings (SSSR count). The maximum atomic E-state index is 11.4. The molecule has 2 aromatic rings. The van der Waals surface area contributed by atoms with Gasteiger partial charge in [0.2, 0.25) is 0 Å². The Labute approximate surface area is 109 Å². The van der Waals surface area contributed by atoms with Crippen LogP contribution in [0, 0.1) is 0 Å².